The third-order valence-electron chi connectivity index (χ3n) is 5.14. The number of benzene rings is 3. The van der Waals surface area contributed by atoms with Crippen molar-refractivity contribution in [1.82, 2.24) is 15.2 Å². The summed E-state index contributed by atoms with van der Waals surface area (Å²) >= 11 is 0. The van der Waals surface area contributed by atoms with Gasteiger partial charge in [-0.05, 0) is 54.4 Å². The smallest absolute Gasteiger partial charge is 0.259 e. The summed E-state index contributed by atoms with van der Waals surface area (Å²) in [7, 11) is 0. The maximum Gasteiger partial charge on any atom is 0.259 e. The zero-order valence-corrected chi connectivity index (χ0v) is 16.4. The van der Waals surface area contributed by atoms with Crippen LogP contribution >= 0.6 is 0 Å². The minimum absolute atomic E-state index is 0.224. The number of nitrogens with one attached hydrogen (secondary N) is 3. The van der Waals surface area contributed by atoms with Crippen LogP contribution in [-0.2, 0) is 0 Å². The Hall–Kier alpha value is -4.06. The number of para-hydroxylation sites is 1. The Morgan fingerprint density at radius 3 is 2.83 bits per heavy atom. The van der Waals surface area contributed by atoms with Crippen LogP contribution < -0.4 is 10.1 Å². The molecule has 2 heterocycles. The minimum atomic E-state index is -0.224. The summed E-state index contributed by atoms with van der Waals surface area (Å²) in [6.07, 6.45) is 3.65. The lowest BCUT2D eigenvalue weighted by atomic mass is 9.99. The van der Waals surface area contributed by atoms with Crippen LogP contribution in [0.15, 0.2) is 73.1 Å². The summed E-state index contributed by atoms with van der Waals surface area (Å²) in [6, 6.07) is 19.5. The fourth-order valence-corrected chi connectivity index (χ4v) is 3.77. The third kappa shape index (κ3) is 3.08. The molecule has 6 heteroatoms. The van der Waals surface area contributed by atoms with Crippen LogP contribution in [0.1, 0.15) is 17.3 Å². The lowest BCUT2D eigenvalue weighted by Crippen LogP contribution is -2.14. The molecule has 3 aromatic carbocycles. The van der Waals surface area contributed by atoms with Gasteiger partial charge in [-0.3, -0.25) is 9.89 Å². The first kappa shape index (κ1) is 18.0. The Bertz CT molecular complexity index is 1370. The molecule has 5 rings (SSSR count). The van der Waals surface area contributed by atoms with Crippen molar-refractivity contribution in [1.29, 1.82) is 0 Å². The third-order valence-corrected chi connectivity index (χ3v) is 5.14. The monoisotopic (exact) mass is 396 g/mol. The Balaban J connectivity index is 1.59. The molecular formula is C24H20N4O2. The topological polar surface area (TPSA) is 82.8 Å². The molecule has 148 valence electrons. The highest BCUT2D eigenvalue weighted by Crippen LogP contribution is 2.34. The highest BCUT2D eigenvalue weighted by molar-refractivity contribution is 6.11. The van der Waals surface area contributed by atoms with E-state index < -0.39 is 0 Å². The molecule has 0 unspecified atom stereocenters. The number of H-pyrrole nitrogens is 2. The number of ether oxygens (including phenoxy) is 1. The van der Waals surface area contributed by atoms with Crippen molar-refractivity contribution in [2.24, 2.45) is 0 Å². The molecule has 0 saturated carbocycles. The number of aromatic nitrogens is 3. The molecule has 0 aliphatic rings. The van der Waals surface area contributed by atoms with Crippen molar-refractivity contribution in [3.05, 3.63) is 78.6 Å². The Morgan fingerprint density at radius 1 is 1.03 bits per heavy atom. The zero-order valence-electron chi connectivity index (χ0n) is 16.4. The molecule has 0 aliphatic heterocycles. The number of nitrogens with zero attached hydrogens (tertiary/aromatic N) is 1. The maximum atomic E-state index is 13.1. The van der Waals surface area contributed by atoms with E-state index in [-0.39, 0.29) is 5.91 Å². The largest absolute Gasteiger partial charge is 0.493 e. The van der Waals surface area contributed by atoms with Crippen LogP contribution in [0.5, 0.6) is 5.75 Å². The van der Waals surface area contributed by atoms with E-state index in [9.17, 15) is 4.79 Å². The predicted molar refractivity (Wildman–Crippen MR) is 119 cm³/mol. The fourth-order valence-electron chi connectivity index (χ4n) is 3.77. The van der Waals surface area contributed by atoms with Gasteiger partial charge < -0.3 is 15.0 Å². The lowest BCUT2D eigenvalue weighted by molar-refractivity contribution is 0.102. The van der Waals surface area contributed by atoms with Gasteiger partial charge in [0.15, 0.2) is 0 Å². The van der Waals surface area contributed by atoms with E-state index >= 15 is 0 Å². The highest BCUT2D eigenvalue weighted by Gasteiger charge is 2.16. The number of hydrogen-bond acceptors (Lipinski definition) is 3. The molecule has 5 aromatic rings. The predicted octanol–water partition coefficient (Wildman–Crippen LogP) is 5.36. The van der Waals surface area contributed by atoms with Gasteiger partial charge in [0.1, 0.15) is 5.75 Å². The Labute approximate surface area is 172 Å². The number of aromatic amines is 2. The number of carbonyl (C=O) groups excluding carboxylic acids is 1. The average molecular weight is 396 g/mol. The van der Waals surface area contributed by atoms with Gasteiger partial charge in [0.05, 0.1) is 29.6 Å². The number of amides is 1. The van der Waals surface area contributed by atoms with E-state index in [0.29, 0.717) is 23.6 Å². The van der Waals surface area contributed by atoms with Gasteiger partial charge in [0, 0.05) is 22.5 Å². The van der Waals surface area contributed by atoms with E-state index in [1.54, 1.807) is 18.3 Å². The second kappa shape index (κ2) is 7.40. The molecule has 0 aliphatic carbocycles. The van der Waals surface area contributed by atoms with Crippen molar-refractivity contribution in [3.63, 3.8) is 0 Å². The molecular weight excluding hydrogens is 376 g/mol. The van der Waals surface area contributed by atoms with Crippen molar-refractivity contribution in [2.45, 2.75) is 6.92 Å². The molecule has 0 atom stereocenters. The maximum absolute atomic E-state index is 13.1. The van der Waals surface area contributed by atoms with Crippen LogP contribution in [-0.4, -0.2) is 27.7 Å². The van der Waals surface area contributed by atoms with E-state index in [0.717, 1.165) is 32.9 Å². The zero-order chi connectivity index (χ0) is 20.5. The second-order valence-electron chi connectivity index (χ2n) is 6.98. The van der Waals surface area contributed by atoms with Gasteiger partial charge in [-0.1, -0.05) is 24.3 Å². The first-order chi connectivity index (χ1) is 14.7. The van der Waals surface area contributed by atoms with Crippen LogP contribution in [0.2, 0.25) is 0 Å². The van der Waals surface area contributed by atoms with Gasteiger partial charge in [0.2, 0.25) is 0 Å². The van der Waals surface area contributed by atoms with E-state index in [1.807, 2.05) is 49.5 Å². The molecule has 0 radical (unpaired) electrons. The summed E-state index contributed by atoms with van der Waals surface area (Å²) in [5, 5.41) is 12.2. The van der Waals surface area contributed by atoms with Crippen molar-refractivity contribution in [3.8, 4) is 16.9 Å². The SMILES string of the molecule is CCOc1ccccc1C(=O)Nc1cc(-c2cccc3[nH]ccc23)cc2[nH]ncc12. The summed E-state index contributed by atoms with van der Waals surface area (Å²) in [5.74, 6) is 0.340. The fraction of sp³-hybridized carbons (Fsp3) is 0.0833. The molecule has 2 aromatic heterocycles. The Morgan fingerprint density at radius 2 is 1.93 bits per heavy atom. The first-order valence-corrected chi connectivity index (χ1v) is 9.81. The summed E-state index contributed by atoms with van der Waals surface area (Å²) in [6.45, 7) is 2.39. The first-order valence-electron chi connectivity index (χ1n) is 9.81. The second-order valence-corrected chi connectivity index (χ2v) is 6.98. The molecule has 0 bridgehead atoms. The van der Waals surface area contributed by atoms with Crippen molar-refractivity contribution >= 4 is 33.4 Å². The molecule has 3 N–H and O–H groups in total. The van der Waals surface area contributed by atoms with Gasteiger partial charge >= 0.3 is 0 Å². The summed E-state index contributed by atoms with van der Waals surface area (Å²) < 4.78 is 5.62. The van der Waals surface area contributed by atoms with Crippen LogP contribution in [0.25, 0.3) is 32.9 Å². The number of rotatable bonds is 5. The van der Waals surface area contributed by atoms with Crippen LogP contribution in [0.3, 0.4) is 0 Å². The van der Waals surface area contributed by atoms with Gasteiger partial charge in [-0.25, -0.2) is 0 Å². The normalized spacial score (nSPS) is 11.1. The van der Waals surface area contributed by atoms with Gasteiger partial charge in [-0.2, -0.15) is 5.10 Å². The van der Waals surface area contributed by atoms with Gasteiger partial charge in [-0.15, -0.1) is 0 Å². The molecule has 6 nitrogen and oxygen atoms in total. The molecule has 0 fully saturated rings. The van der Waals surface area contributed by atoms with Crippen molar-refractivity contribution < 1.29 is 9.53 Å². The van der Waals surface area contributed by atoms with Crippen LogP contribution in [0, 0.1) is 0 Å². The summed E-state index contributed by atoms with van der Waals surface area (Å²) in [5.41, 5.74) is 5.18. The van der Waals surface area contributed by atoms with Crippen LogP contribution in [0.4, 0.5) is 5.69 Å². The van der Waals surface area contributed by atoms with E-state index in [4.69, 9.17) is 4.74 Å². The van der Waals surface area contributed by atoms with Crippen molar-refractivity contribution in [2.75, 3.05) is 11.9 Å². The molecule has 0 spiro atoms. The summed E-state index contributed by atoms with van der Waals surface area (Å²) in [4.78, 5) is 16.3. The Kier molecular flexibility index (Phi) is 4.44. The number of anilines is 1. The van der Waals surface area contributed by atoms with Gasteiger partial charge in [0.25, 0.3) is 5.91 Å². The number of hydrogen-bond donors (Lipinski definition) is 3. The highest BCUT2D eigenvalue weighted by atomic mass is 16.5. The average Bonchev–Trinajstić information content (AvgIpc) is 3.43. The minimum Gasteiger partial charge on any atom is -0.493 e. The quantitative estimate of drug-likeness (QED) is 0.374. The number of fused-ring (bicyclic) bond motifs is 2. The molecule has 30 heavy (non-hydrogen) atoms. The lowest BCUT2D eigenvalue weighted by Gasteiger charge is -2.13. The van der Waals surface area contributed by atoms with E-state index in [1.165, 1.54) is 0 Å². The molecule has 0 saturated heterocycles. The van der Waals surface area contributed by atoms with E-state index in [2.05, 4.69) is 32.6 Å². The number of carbonyl (C=O) groups is 1. The standard InChI is InChI=1S/C24H20N4O2/c1-2-30-23-9-4-3-6-18(23)24(29)27-21-12-15(13-22-19(21)14-26-28-22)16-7-5-8-20-17(16)10-11-25-20/h3-14,25H,2H2,1H3,(H,26,28)(H,27,29). The molecule has 1 amide bonds.